The summed E-state index contributed by atoms with van der Waals surface area (Å²) in [5, 5.41) is 5.75. The van der Waals surface area contributed by atoms with Crippen LogP contribution < -0.4 is 20.3 Å². The van der Waals surface area contributed by atoms with Crippen molar-refractivity contribution < 1.29 is 19.2 Å². The summed E-state index contributed by atoms with van der Waals surface area (Å²) in [6.07, 6.45) is 0. The summed E-state index contributed by atoms with van der Waals surface area (Å²) in [5.41, 5.74) is 0.400. The number of carbonyl (C=O) groups is 2. The number of benzene rings is 1. The van der Waals surface area contributed by atoms with Gasteiger partial charge in [0.15, 0.2) is 12.6 Å². The summed E-state index contributed by atoms with van der Waals surface area (Å²) in [7, 11) is 3.41. The van der Waals surface area contributed by atoms with Crippen LogP contribution in [0.15, 0.2) is 24.3 Å². The first-order valence-corrected chi connectivity index (χ1v) is 7.70. The number of amides is 2. The molecule has 0 saturated heterocycles. The lowest BCUT2D eigenvalue weighted by molar-refractivity contribution is -0.885. The summed E-state index contributed by atoms with van der Waals surface area (Å²) in [4.78, 5) is 25.1. The summed E-state index contributed by atoms with van der Waals surface area (Å²) < 4.78 is 5.13. The molecule has 0 aliphatic heterocycles. The van der Waals surface area contributed by atoms with Crippen molar-refractivity contribution in [2.24, 2.45) is 0 Å². The molecule has 0 bridgehead atoms. The number of carbonyl (C=O) groups excluding carboxylic acids is 2. The average molecular weight is 322 g/mol. The maximum absolute atomic E-state index is 12.3. The van der Waals surface area contributed by atoms with Crippen LogP contribution in [0.5, 0.6) is 5.75 Å². The van der Waals surface area contributed by atoms with Gasteiger partial charge in [-0.2, -0.15) is 0 Å². The molecule has 6 nitrogen and oxygen atoms in total. The number of hydrogen-bond acceptors (Lipinski definition) is 3. The van der Waals surface area contributed by atoms with E-state index in [4.69, 9.17) is 4.74 Å². The van der Waals surface area contributed by atoms with Crippen LogP contribution in [0.2, 0.25) is 0 Å². The third-order valence-corrected chi connectivity index (χ3v) is 3.42. The molecule has 1 rings (SSSR count). The first-order valence-electron chi connectivity index (χ1n) is 7.70. The number of methoxy groups -OCH3 is 1. The SMILES string of the molecule is COc1cccc(NC(=O)[C@@H](C)[NH+](C)CC(=O)NC(C)(C)C)c1. The van der Waals surface area contributed by atoms with Crippen LogP contribution >= 0.6 is 0 Å². The topological polar surface area (TPSA) is 71.9 Å². The number of likely N-dealkylation sites (N-methyl/N-ethyl adjacent to an activating group) is 1. The monoisotopic (exact) mass is 322 g/mol. The van der Waals surface area contributed by atoms with Gasteiger partial charge in [-0.1, -0.05) is 6.07 Å². The smallest absolute Gasteiger partial charge is 0.282 e. The van der Waals surface area contributed by atoms with Crippen molar-refractivity contribution in [3.05, 3.63) is 24.3 Å². The maximum atomic E-state index is 12.3. The molecule has 23 heavy (non-hydrogen) atoms. The molecule has 0 radical (unpaired) electrons. The zero-order valence-electron chi connectivity index (χ0n) is 14.8. The lowest BCUT2D eigenvalue weighted by Crippen LogP contribution is -3.15. The quantitative estimate of drug-likeness (QED) is 0.712. The van der Waals surface area contributed by atoms with E-state index < -0.39 is 0 Å². The van der Waals surface area contributed by atoms with E-state index in [1.165, 1.54) is 0 Å². The molecule has 0 heterocycles. The molecular formula is C17H28N3O3+. The van der Waals surface area contributed by atoms with Gasteiger partial charge in [-0.25, -0.2) is 0 Å². The molecule has 2 atom stereocenters. The minimum absolute atomic E-state index is 0.0731. The minimum atomic E-state index is -0.355. The Morgan fingerprint density at radius 2 is 1.96 bits per heavy atom. The van der Waals surface area contributed by atoms with Crippen molar-refractivity contribution in [3.63, 3.8) is 0 Å². The highest BCUT2D eigenvalue weighted by molar-refractivity contribution is 5.93. The summed E-state index contributed by atoms with van der Waals surface area (Å²) in [6.45, 7) is 7.83. The van der Waals surface area contributed by atoms with Crippen LogP contribution in [0.1, 0.15) is 27.7 Å². The number of ether oxygens (including phenoxy) is 1. The molecule has 1 aromatic carbocycles. The van der Waals surface area contributed by atoms with Crippen molar-refractivity contribution >= 4 is 17.5 Å². The van der Waals surface area contributed by atoms with E-state index >= 15 is 0 Å². The van der Waals surface area contributed by atoms with Crippen molar-refractivity contribution in [2.75, 3.05) is 26.0 Å². The summed E-state index contributed by atoms with van der Waals surface area (Å²) in [5.74, 6) is 0.469. The molecule has 128 valence electrons. The van der Waals surface area contributed by atoms with Gasteiger partial charge in [0.25, 0.3) is 11.8 Å². The second kappa shape index (κ2) is 7.97. The van der Waals surface area contributed by atoms with Crippen LogP contribution in [0, 0.1) is 0 Å². The van der Waals surface area contributed by atoms with Gasteiger partial charge in [-0.05, 0) is 39.8 Å². The van der Waals surface area contributed by atoms with Gasteiger partial charge < -0.3 is 20.3 Å². The van der Waals surface area contributed by atoms with Crippen molar-refractivity contribution in [1.82, 2.24) is 5.32 Å². The molecule has 3 N–H and O–H groups in total. The fourth-order valence-electron chi connectivity index (χ4n) is 2.04. The van der Waals surface area contributed by atoms with E-state index in [1.807, 2.05) is 40.0 Å². The lowest BCUT2D eigenvalue weighted by Gasteiger charge is -2.24. The molecule has 0 spiro atoms. The zero-order chi connectivity index (χ0) is 17.6. The van der Waals surface area contributed by atoms with Gasteiger partial charge in [0.05, 0.1) is 14.2 Å². The molecule has 0 aromatic heterocycles. The lowest BCUT2D eigenvalue weighted by atomic mass is 10.1. The van der Waals surface area contributed by atoms with Gasteiger partial charge in [-0.15, -0.1) is 0 Å². The van der Waals surface area contributed by atoms with E-state index in [1.54, 1.807) is 26.2 Å². The fraction of sp³-hybridized carbons (Fsp3) is 0.529. The molecule has 6 heteroatoms. The number of nitrogens with one attached hydrogen (secondary N) is 3. The second-order valence-electron chi connectivity index (χ2n) is 6.76. The van der Waals surface area contributed by atoms with Crippen molar-refractivity contribution in [1.29, 1.82) is 0 Å². The Kier molecular flexibility index (Phi) is 6.57. The first kappa shape index (κ1) is 19.0. The largest absolute Gasteiger partial charge is 0.497 e. The first-order chi connectivity index (χ1) is 10.6. The zero-order valence-corrected chi connectivity index (χ0v) is 14.8. The number of rotatable bonds is 6. The Balaban J connectivity index is 2.59. The molecule has 1 unspecified atom stereocenters. The number of anilines is 1. The predicted octanol–water partition coefficient (Wildman–Crippen LogP) is 0.452. The Morgan fingerprint density at radius 1 is 1.30 bits per heavy atom. The number of quaternary nitrogens is 1. The highest BCUT2D eigenvalue weighted by atomic mass is 16.5. The Hall–Kier alpha value is -2.08. The van der Waals surface area contributed by atoms with Crippen LogP contribution in [0.3, 0.4) is 0 Å². The van der Waals surface area contributed by atoms with Crippen LogP contribution in [-0.2, 0) is 9.59 Å². The Bertz CT molecular complexity index is 552. The molecule has 0 fully saturated rings. The van der Waals surface area contributed by atoms with Crippen LogP contribution in [-0.4, -0.2) is 44.1 Å². The molecule has 0 aliphatic rings. The molecule has 0 aliphatic carbocycles. The van der Waals surface area contributed by atoms with Gasteiger partial charge in [0.1, 0.15) is 5.75 Å². The number of hydrogen-bond donors (Lipinski definition) is 3. The normalized spacial score (nSPS) is 13.8. The van der Waals surface area contributed by atoms with Crippen molar-refractivity contribution in [2.45, 2.75) is 39.3 Å². The van der Waals surface area contributed by atoms with Gasteiger partial charge in [0, 0.05) is 17.3 Å². The van der Waals surface area contributed by atoms with Gasteiger partial charge in [0.2, 0.25) is 0 Å². The van der Waals surface area contributed by atoms with Gasteiger partial charge in [-0.3, -0.25) is 9.59 Å². The standard InChI is InChI=1S/C17H27N3O3/c1-12(20(5)11-15(21)19-17(2,3)4)16(22)18-13-8-7-9-14(10-13)23-6/h7-10,12H,11H2,1-6H3,(H,18,22)(H,19,21)/p+1/t12-/m1/s1. The highest BCUT2D eigenvalue weighted by Crippen LogP contribution is 2.16. The average Bonchev–Trinajstić information content (AvgIpc) is 2.44. The Labute approximate surface area is 138 Å². The Morgan fingerprint density at radius 3 is 2.52 bits per heavy atom. The maximum Gasteiger partial charge on any atom is 0.282 e. The van der Waals surface area contributed by atoms with Crippen LogP contribution in [0.4, 0.5) is 5.69 Å². The minimum Gasteiger partial charge on any atom is -0.497 e. The van der Waals surface area contributed by atoms with Crippen molar-refractivity contribution in [3.8, 4) is 5.75 Å². The molecular weight excluding hydrogens is 294 g/mol. The summed E-state index contributed by atoms with van der Waals surface area (Å²) >= 11 is 0. The van der Waals surface area contributed by atoms with Crippen LogP contribution in [0.25, 0.3) is 0 Å². The molecule has 0 saturated carbocycles. The van der Waals surface area contributed by atoms with E-state index in [2.05, 4.69) is 10.6 Å². The predicted molar refractivity (Wildman–Crippen MR) is 90.7 cm³/mol. The highest BCUT2D eigenvalue weighted by Gasteiger charge is 2.25. The van der Waals surface area contributed by atoms with E-state index in [0.29, 0.717) is 11.4 Å². The summed E-state index contributed by atoms with van der Waals surface area (Å²) in [6, 6.07) is 6.83. The third kappa shape index (κ3) is 6.69. The molecule has 1 aromatic rings. The molecule has 2 amide bonds. The second-order valence-corrected chi connectivity index (χ2v) is 6.76. The van der Waals surface area contributed by atoms with Gasteiger partial charge >= 0.3 is 0 Å². The van der Waals surface area contributed by atoms with E-state index in [-0.39, 0.29) is 29.9 Å². The fourth-order valence-corrected chi connectivity index (χ4v) is 2.04. The van der Waals surface area contributed by atoms with E-state index in [9.17, 15) is 9.59 Å². The third-order valence-electron chi connectivity index (χ3n) is 3.42. The van der Waals surface area contributed by atoms with E-state index in [0.717, 1.165) is 4.90 Å².